The molecule has 0 radical (unpaired) electrons. The second-order valence-electron chi connectivity index (χ2n) is 7.64. The molecule has 30 heavy (non-hydrogen) atoms. The minimum absolute atomic E-state index is 0.0475. The Hall–Kier alpha value is -2.47. The van der Waals surface area contributed by atoms with Crippen molar-refractivity contribution in [1.82, 2.24) is 10.2 Å². The maximum Gasteiger partial charge on any atom is 0.242 e. The number of hydrogen-bond acceptors (Lipinski definition) is 4. The quantitative estimate of drug-likeness (QED) is 0.609. The number of nitrogens with zero attached hydrogens (tertiary/aromatic N) is 1. The van der Waals surface area contributed by atoms with Gasteiger partial charge in [-0.05, 0) is 49.6 Å². The molecule has 1 aliphatic carbocycles. The van der Waals surface area contributed by atoms with E-state index in [0.29, 0.717) is 12.3 Å². The molecule has 0 heterocycles. The summed E-state index contributed by atoms with van der Waals surface area (Å²) in [5.41, 5.74) is 0.967. The standard InChI is InChI=1S/C24H30N2O3S/c1-18(24(28)25-20-8-6-7-9-20)26(16-19-12-14-21(29-2)15-13-19)23(27)17-30-22-10-4-3-5-11-22/h3-5,10-15,18,20H,6-9,16-17H2,1-2H3,(H,25,28)/t18-/m1/s1. The van der Waals surface area contributed by atoms with Crippen molar-refractivity contribution in [1.29, 1.82) is 0 Å². The van der Waals surface area contributed by atoms with Crippen LogP contribution in [0.4, 0.5) is 0 Å². The molecule has 3 rings (SSSR count). The van der Waals surface area contributed by atoms with Gasteiger partial charge in [-0.25, -0.2) is 0 Å². The number of carbonyl (C=O) groups excluding carboxylic acids is 2. The van der Waals surface area contributed by atoms with Gasteiger partial charge in [-0.1, -0.05) is 43.2 Å². The van der Waals surface area contributed by atoms with E-state index < -0.39 is 6.04 Å². The van der Waals surface area contributed by atoms with Crippen LogP contribution in [-0.2, 0) is 16.1 Å². The van der Waals surface area contributed by atoms with Crippen LogP contribution in [0.1, 0.15) is 38.2 Å². The molecule has 1 aliphatic rings. The molecule has 2 aromatic rings. The van der Waals surface area contributed by atoms with Crippen molar-refractivity contribution in [3.05, 3.63) is 60.2 Å². The van der Waals surface area contributed by atoms with E-state index in [9.17, 15) is 9.59 Å². The van der Waals surface area contributed by atoms with Crippen LogP contribution in [0.25, 0.3) is 0 Å². The van der Waals surface area contributed by atoms with Crippen molar-refractivity contribution >= 4 is 23.6 Å². The smallest absolute Gasteiger partial charge is 0.242 e. The number of methoxy groups -OCH3 is 1. The first kappa shape index (κ1) is 22.2. The fraction of sp³-hybridized carbons (Fsp3) is 0.417. The summed E-state index contributed by atoms with van der Waals surface area (Å²) >= 11 is 1.49. The van der Waals surface area contributed by atoms with Crippen LogP contribution in [0.2, 0.25) is 0 Å². The van der Waals surface area contributed by atoms with E-state index in [1.165, 1.54) is 11.8 Å². The first-order valence-electron chi connectivity index (χ1n) is 10.5. The molecule has 1 N–H and O–H groups in total. The molecule has 2 aromatic carbocycles. The Kier molecular flexibility index (Phi) is 8.20. The number of hydrogen-bond donors (Lipinski definition) is 1. The fourth-order valence-corrected chi connectivity index (χ4v) is 4.45. The second kappa shape index (κ2) is 11.1. The predicted molar refractivity (Wildman–Crippen MR) is 121 cm³/mol. The summed E-state index contributed by atoms with van der Waals surface area (Å²) < 4.78 is 5.22. The molecule has 0 saturated heterocycles. The number of rotatable bonds is 9. The van der Waals surface area contributed by atoms with Crippen LogP contribution < -0.4 is 10.1 Å². The normalized spacial score (nSPS) is 14.9. The van der Waals surface area contributed by atoms with Gasteiger partial charge >= 0.3 is 0 Å². The van der Waals surface area contributed by atoms with Crippen molar-refractivity contribution in [2.45, 2.75) is 56.1 Å². The van der Waals surface area contributed by atoms with Crippen molar-refractivity contribution in [2.24, 2.45) is 0 Å². The van der Waals surface area contributed by atoms with Crippen LogP contribution in [0.5, 0.6) is 5.75 Å². The molecule has 5 nitrogen and oxygen atoms in total. The zero-order chi connectivity index (χ0) is 21.3. The summed E-state index contributed by atoms with van der Waals surface area (Å²) in [6.45, 7) is 2.20. The van der Waals surface area contributed by atoms with E-state index in [1.807, 2.05) is 61.5 Å². The number of benzene rings is 2. The van der Waals surface area contributed by atoms with E-state index >= 15 is 0 Å². The number of thioether (sulfide) groups is 1. The highest BCUT2D eigenvalue weighted by Crippen LogP contribution is 2.21. The molecule has 0 spiro atoms. The van der Waals surface area contributed by atoms with Crippen molar-refractivity contribution in [2.75, 3.05) is 12.9 Å². The fourth-order valence-electron chi connectivity index (χ4n) is 3.65. The van der Waals surface area contributed by atoms with Crippen LogP contribution in [0.15, 0.2) is 59.5 Å². The summed E-state index contributed by atoms with van der Waals surface area (Å²) in [5, 5.41) is 3.13. The van der Waals surface area contributed by atoms with Gasteiger partial charge in [-0.2, -0.15) is 0 Å². The maximum atomic E-state index is 13.1. The van der Waals surface area contributed by atoms with Crippen molar-refractivity contribution < 1.29 is 14.3 Å². The minimum atomic E-state index is -0.531. The lowest BCUT2D eigenvalue weighted by Gasteiger charge is -2.29. The average molecular weight is 427 g/mol. The molecule has 0 unspecified atom stereocenters. The van der Waals surface area contributed by atoms with Gasteiger partial charge < -0.3 is 15.0 Å². The summed E-state index contributed by atoms with van der Waals surface area (Å²) in [4.78, 5) is 28.7. The zero-order valence-electron chi connectivity index (χ0n) is 17.7. The molecular formula is C24H30N2O3S. The van der Waals surface area contributed by atoms with Crippen LogP contribution in [0, 0.1) is 0 Å². The Bertz CT molecular complexity index is 820. The van der Waals surface area contributed by atoms with Crippen molar-refractivity contribution in [3.8, 4) is 5.75 Å². The Morgan fingerprint density at radius 1 is 1.10 bits per heavy atom. The highest BCUT2D eigenvalue weighted by Gasteiger charge is 2.28. The van der Waals surface area contributed by atoms with Gasteiger partial charge in [0.25, 0.3) is 0 Å². The van der Waals surface area contributed by atoms with E-state index in [4.69, 9.17) is 4.74 Å². The monoisotopic (exact) mass is 426 g/mol. The summed E-state index contributed by atoms with van der Waals surface area (Å²) in [5.74, 6) is 0.937. The molecule has 1 atom stereocenters. The lowest BCUT2D eigenvalue weighted by Crippen LogP contribution is -2.50. The van der Waals surface area contributed by atoms with Gasteiger partial charge in [0.2, 0.25) is 11.8 Å². The minimum Gasteiger partial charge on any atom is -0.497 e. The Morgan fingerprint density at radius 3 is 2.40 bits per heavy atom. The van der Waals surface area contributed by atoms with E-state index in [1.54, 1.807) is 12.0 Å². The molecule has 2 amide bonds. The third-order valence-corrected chi connectivity index (χ3v) is 6.48. The largest absolute Gasteiger partial charge is 0.497 e. The summed E-state index contributed by atoms with van der Waals surface area (Å²) in [6, 6.07) is 17.2. The number of amides is 2. The van der Waals surface area contributed by atoms with Gasteiger partial charge in [0.1, 0.15) is 11.8 Å². The molecule has 160 valence electrons. The predicted octanol–water partition coefficient (Wildman–Crippen LogP) is 4.26. The molecule has 0 aromatic heterocycles. The summed E-state index contributed by atoms with van der Waals surface area (Å²) in [6.07, 6.45) is 4.35. The molecule has 6 heteroatoms. The highest BCUT2D eigenvalue weighted by molar-refractivity contribution is 8.00. The van der Waals surface area contributed by atoms with Crippen LogP contribution >= 0.6 is 11.8 Å². The van der Waals surface area contributed by atoms with E-state index in [0.717, 1.165) is 41.9 Å². The lowest BCUT2D eigenvalue weighted by molar-refractivity contribution is -0.138. The number of carbonyl (C=O) groups is 2. The van der Waals surface area contributed by atoms with Gasteiger partial charge in [-0.3, -0.25) is 9.59 Å². The van der Waals surface area contributed by atoms with Gasteiger partial charge in [-0.15, -0.1) is 11.8 Å². The molecule has 1 fully saturated rings. The van der Waals surface area contributed by atoms with Crippen LogP contribution in [-0.4, -0.2) is 41.7 Å². The Morgan fingerprint density at radius 2 is 1.77 bits per heavy atom. The first-order valence-corrected chi connectivity index (χ1v) is 11.5. The molecule has 1 saturated carbocycles. The molecule has 0 bridgehead atoms. The zero-order valence-corrected chi connectivity index (χ0v) is 18.5. The van der Waals surface area contributed by atoms with Crippen LogP contribution in [0.3, 0.4) is 0 Å². The average Bonchev–Trinajstić information content (AvgIpc) is 3.29. The second-order valence-corrected chi connectivity index (χ2v) is 8.69. The highest BCUT2D eigenvalue weighted by atomic mass is 32.2. The maximum absolute atomic E-state index is 13.1. The Balaban J connectivity index is 1.70. The van der Waals surface area contributed by atoms with E-state index in [-0.39, 0.29) is 17.9 Å². The molecule has 0 aliphatic heterocycles. The SMILES string of the molecule is COc1ccc(CN(C(=O)CSc2ccccc2)[C@H](C)C(=O)NC2CCCC2)cc1. The van der Waals surface area contributed by atoms with Gasteiger partial charge in [0.15, 0.2) is 0 Å². The van der Waals surface area contributed by atoms with Gasteiger partial charge in [0, 0.05) is 17.5 Å². The first-order chi connectivity index (χ1) is 14.6. The third kappa shape index (κ3) is 6.26. The van der Waals surface area contributed by atoms with Gasteiger partial charge in [0.05, 0.1) is 12.9 Å². The number of nitrogens with one attached hydrogen (secondary N) is 1. The number of ether oxygens (including phenoxy) is 1. The third-order valence-electron chi connectivity index (χ3n) is 5.49. The van der Waals surface area contributed by atoms with E-state index in [2.05, 4.69) is 5.32 Å². The molecular weight excluding hydrogens is 396 g/mol. The summed E-state index contributed by atoms with van der Waals surface area (Å²) in [7, 11) is 1.63. The Labute approximate surface area is 183 Å². The lowest BCUT2D eigenvalue weighted by atomic mass is 10.1. The van der Waals surface area contributed by atoms with Crippen molar-refractivity contribution in [3.63, 3.8) is 0 Å². The topological polar surface area (TPSA) is 58.6 Å².